The molecule has 0 aliphatic rings. The summed E-state index contributed by atoms with van der Waals surface area (Å²) in [5.74, 6) is -0.238. The molecule has 20 heavy (non-hydrogen) atoms. The number of nitrogens with zero attached hydrogens (tertiary/aromatic N) is 2. The lowest BCUT2D eigenvalue weighted by molar-refractivity contribution is 0.103. The van der Waals surface area contributed by atoms with E-state index in [1.807, 2.05) is 23.9 Å². The maximum atomic E-state index is 12.9. The Morgan fingerprint density at radius 2 is 1.90 bits per heavy atom. The van der Waals surface area contributed by atoms with E-state index in [2.05, 4.69) is 11.9 Å². The topological polar surface area (TPSA) is 27.1 Å². The standard InChI is InChI=1S/C16H15FN2O/c1-11-12(2)19(16-7-8-18-9-15(11)16)20-10-13-3-5-14(17)6-4-13/h3-9H,10H2,1-2H3. The molecule has 102 valence electrons. The summed E-state index contributed by atoms with van der Waals surface area (Å²) in [4.78, 5) is 10.0. The Kier molecular flexibility index (Phi) is 3.14. The minimum atomic E-state index is -0.238. The Morgan fingerprint density at radius 3 is 2.65 bits per heavy atom. The summed E-state index contributed by atoms with van der Waals surface area (Å²) in [7, 11) is 0. The number of halogens is 1. The van der Waals surface area contributed by atoms with Crippen LogP contribution in [0.15, 0.2) is 42.7 Å². The van der Waals surface area contributed by atoms with Crippen molar-refractivity contribution in [2.75, 3.05) is 0 Å². The lowest BCUT2D eigenvalue weighted by Crippen LogP contribution is -2.12. The molecule has 0 amide bonds. The second-order valence-electron chi connectivity index (χ2n) is 4.80. The van der Waals surface area contributed by atoms with E-state index < -0.39 is 0 Å². The number of aromatic nitrogens is 2. The molecule has 0 atom stereocenters. The third-order valence-electron chi connectivity index (χ3n) is 3.54. The predicted molar refractivity (Wildman–Crippen MR) is 75.9 cm³/mol. The Balaban J connectivity index is 1.91. The maximum Gasteiger partial charge on any atom is 0.140 e. The van der Waals surface area contributed by atoms with Crippen molar-refractivity contribution in [2.24, 2.45) is 0 Å². The van der Waals surface area contributed by atoms with Crippen molar-refractivity contribution in [3.63, 3.8) is 0 Å². The van der Waals surface area contributed by atoms with Gasteiger partial charge in [0.2, 0.25) is 0 Å². The van der Waals surface area contributed by atoms with Crippen LogP contribution in [-0.2, 0) is 6.61 Å². The molecule has 3 rings (SSSR count). The van der Waals surface area contributed by atoms with Crippen LogP contribution in [0.5, 0.6) is 0 Å². The largest absolute Gasteiger partial charge is 0.409 e. The van der Waals surface area contributed by atoms with Crippen LogP contribution in [0.4, 0.5) is 4.39 Å². The molecule has 0 aliphatic heterocycles. The molecule has 0 saturated heterocycles. The van der Waals surface area contributed by atoms with Gasteiger partial charge in [0.25, 0.3) is 0 Å². The van der Waals surface area contributed by atoms with Crippen LogP contribution in [0.3, 0.4) is 0 Å². The predicted octanol–water partition coefficient (Wildman–Crippen LogP) is 3.42. The summed E-state index contributed by atoms with van der Waals surface area (Å²) in [6.45, 7) is 4.46. The molecule has 0 N–H and O–H groups in total. The van der Waals surface area contributed by atoms with E-state index in [0.717, 1.165) is 27.7 Å². The number of hydrogen-bond donors (Lipinski definition) is 0. The third-order valence-corrected chi connectivity index (χ3v) is 3.54. The van der Waals surface area contributed by atoms with Gasteiger partial charge in [-0.05, 0) is 43.2 Å². The van der Waals surface area contributed by atoms with E-state index in [4.69, 9.17) is 4.84 Å². The molecule has 3 aromatic rings. The number of benzene rings is 1. The van der Waals surface area contributed by atoms with Gasteiger partial charge in [-0.25, -0.2) is 4.39 Å². The molecule has 0 fully saturated rings. The minimum absolute atomic E-state index is 0.238. The van der Waals surface area contributed by atoms with Crippen molar-refractivity contribution < 1.29 is 9.23 Å². The van der Waals surface area contributed by atoms with Crippen LogP contribution in [0.2, 0.25) is 0 Å². The first-order valence-electron chi connectivity index (χ1n) is 6.46. The molecule has 0 spiro atoms. The van der Waals surface area contributed by atoms with Crippen molar-refractivity contribution in [1.29, 1.82) is 0 Å². The second-order valence-corrected chi connectivity index (χ2v) is 4.80. The van der Waals surface area contributed by atoms with Gasteiger partial charge in [0.15, 0.2) is 0 Å². The fourth-order valence-electron chi connectivity index (χ4n) is 2.27. The van der Waals surface area contributed by atoms with Crippen LogP contribution in [0.1, 0.15) is 16.8 Å². The van der Waals surface area contributed by atoms with Crippen molar-refractivity contribution in [3.05, 3.63) is 65.4 Å². The molecule has 1 aromatic carbocycles. The van der Waals surface area contributed by atoms with Gasteiger partial charge < -0.3 is 4.84 Å². The highest BCUT2D eigenvalue weighted by Crippen LogP contribution is 2.23. The summed E-state index contributed by atoms with van der Waals surface area (Å²) < 4.78 is 14.7. The SMILES string of the molecule is Cc1c(C)n(OCc2ccc(F)cc2)c2ccncc12. The van der Waals surface area contributed by atoms with E-state index >= 15 is 0 Å². The van der Waals surface area contributed by atoms with Crippen LogP contribution in [0, 0.1) is 19.7 Å². The first-order valence-corrected chi connectivity index (χ1v) is 6.46. The van der Waals surface area contributed by atoms with Gasteiger partial charge in [0.1, 0.15) is 12.4 Å². The Hall–Kier alpha value is -2.36. The average molecular weight is 270 g/mol. The summed E-state index contributed by atoms with van der Waals surface area (Å²) >= 11 is 0. The zero-order valence-corrected chi connectivity index (χ0v) is 11.4. The minimum Gasteiger partial charge on any atom is -0.409 e. The highest BCUT2D eigenvalue weighted by molar-refractivity contribution is 5.83. The molecular weight excluding hydrogens is 255 g/mol. The molecule has 2 aromatic heterocycles. The van der Waals surface area contributed by atoms with Gasteiger partial charge in [0, 0.05) is 17.8 Å². The van der Waals surface area contributed by atoms with Crippen LogP contribution >= 0.6 is 0 Å². The van der Waals surface area contributed by atoms with Crippen LogP contribution < -0.4 is 4.84 Å². The van der Waals surface area contributed by atoms with Crippen LogP contribution in [0.25, 0.3) is 10.9 Å². The van der Waals surface area contributed by atoms with Gasteiger partial charge in [0.05, 0.1) is 11.2 Å². The number of hydrogen-bond acceptors (Lipinski definition) is 2. The zero-order valence-electron chi connectivity index (χ0n) is 11.4. The summed E-state index contributed by atoms with van der Waals surface area (Å²) in [6, 6.07) is 8.26. The highest BCUT2D eigenvalue weighted by atomic mass is 19.1. The second kappa shape index (κ2) is 4.96. The Morgan fingerprint density at radius 1 is 1.15 bits per heavy atom. The Labute approximate surface area is 116 Å². The molecule has 0 saturated carbocycles. The van der Waals surface area contributed by atoms with Crippen molar-refractivity contribution in [3.8, 4) is 0 Å². The van der Waals surface area contributed by atoms with E-state index in [-0.39, 0.29) is 5.82 Å². The summed E-state index contributed by atoms with van der Waals surface area (Å²) in [5, 5.41) is 1.09. The molecular formula is C16H15FN2O. The smallest absolute Gasteiger partial charge is 0.140 e. The number of aryl methyl sites for hydroxylation is 1. The first kappa shape index (κ1) is 12.7. The molecule has 3 nitrogen and oxygen atoms in total. The molecule has 0 aliphatic carbocycles. The zero-order chi connectivity index (χ0) is 14.1. The van der Waals surface area contributed by atoms with E-state index in [0.29, 0.717) is 6.61 Å². The molecule has 4 heteroatoms. The van der Waals surface area contributed by atoms with Gasteiger partial charge >= 0.3 is 0 Å². The molecule has 2 heterocycles. The highest BCUT2D eigenvalue weighted by Gasteiger charge is 2.11. The average Bonchev–Trinajstić information content (AvgIpc) is 2.71. The number of rotatable bonds is 3. The molecule has 0 radical (unpaired) electrons. The van der Waals surface area contributed by atoms with Gasteiger partial charge in [-0.2, -0.15) is 4.73 Å². The van der Waals surface area contributed by atoms with Crippen molar-refractivity contribution >= 4 is 10.9 Å². The normalized spacial score (nSPS) is 10.9. The number of pyridine rings is 1. The van der Waals surface area contributed by atoms with Gasteiger partial charge in [-0.3, -0.25) is 4.98 Å². The summed E-state index contributed by atoms with van der Waals surface area (Å²) in [5.41, 5.74) is 4.14. The number of fused-ring (bicyclic) bond motifs is 1. The van der Waals surface area contributed by atoms with E-state index in [1.54, 1.807) is 18.3 Å². The first-order chi connectivity index (χ1) is 9.66. The Bertz CT molecular complexity index is 747. The van der Waals surface area contributed by atoms with Crippen LogP contribution in [-0.4, -0.2) is 9.71 Å². The van der Waals surface area contributed by atoms with Gasteiger partial charge in [-0.1, -0.05) is 12.1 Å². The van der Waals surface area contributed by atoms with Crippen molar-refractivity contribution in [2.45, 2.75) is 20.5 Å². The lowest BCUT2D eigenvalue weighted by Gasteiger charge is -2.10. The van der Waals surface area contributed by atoms with Crippen molar-refractivity contribution in [1.82, 2.24) is 9.71 Å². The fourth-order valence-corrected chi connectivity index (χ4v) is 2.27. The summed E-state index contributed by atoms with van der Waals surface area (Å²) in [6.07, 6.45) is 3.59. The fraction of sp³-hybridized carbons (Fsp3) is 0.188. The molecule has 0 bridgehead atoms. The van der Waals surface area contributed by atoms with E-state index in [1.165, 1.54) is 12.1 Å². The van der Waals surface area contributed by atoms with E-state index in [9.17, 15) is 4.39 Å². The molecule has 0 unspecified atom stereocenters. The lowest BCUT2D eigenvalue weighted by atomic mass is 10.2. The van der Waals surface area contributed by atoms with Gasteiger partial charge in [-0.15, -0.1) is 0 Å². The quantitative estimate of drug-likeness (QED) is 0.729. The maximum absolute atomic E-state index is 12.9. The monoisotopic (exact) mass is 270 g/mol. The third kappa shape index (κ3) is 2.13.